The van der Waals surface area contributed by atoms with Crippen molar-refractivity contribution in [1.29, 1.82) is 0 Å². The molecule has 0 bridgehead atoms. The molecule has 1 atom stereocenters. The first kappa shape index (κ1) is 12.7. The second-order valence-corrected chi connectivity index (χ2v) is 3.75. The molecule has 6 nitrogen and oxygen atoms in total. The molecule has 0 aromatic carbocycles. The van der Waals surface area contributed by atoms with Gasteiger partial charge < -0.3 is 9.64 Å². The van der Waals surface area contributed by atoms with Gasteiger partial charge in [-0.05, 0) is 13.8 Å². The number of hydrogen-bond acceptors (Lipinski definition) is 6. The Balaban J connectivity index is 2.89. The van der Waals surface area contributed by atoms with Gasteiger partial charge in [0.1, 0.15) is 5.82 Å². The van der Waals surface area contributed by atoms with Gasteiger partial charge in [-0.2, -0.15) is 4.98 Å². The quantitative estimate of drug-likeness (QED) is 0.562. The zero-order valence-corrected chi connectivity index (χ0v) is 10.2. The van der Waals surface area contributed by atoms with E-state index in [4.69, 9.17) is 10.6 Å². The zero-order chi connectivity index (χ0) is 12.1. The first-order valence-corrected chi connectivity index (χ1v) is 5.12. The van der Waals surface area contributed by atoms with Crippen LogP contribution in [0.4, 0.5) is 11.8 Å². The van der Waals surface area contributed by atoms with Gasteiger partial charge >= 0.3 is 0 Å². The Labute approximate surface area is 95.8 Å². The van der Waals surface area contributed by atoms with Crippen molar-refractivity contribution < 1.29 is 4.74 Å². The van der Waals surface area contributed by atoms with E-state index in [1.54, 1.807) is 7.11 Å². The van der Waals surface area contributed by atoms with Gasteiger partial charge in [0.2, 0.25) is 5.95 Å². The van der Waals surface area contributed by atoms with Gasteiger partial charge in [0.05, 0.1) is 12.6 Å². The summed E-state index contributed by atoms with van der Waals surface area (Å²) in [7, 11) is 3.65. The maximum Gasteiger partial charge on any atom is 0.239 e. The summed E-state index contributed by atoms with van der Waals surface area (Å²) < 4.78 is 5.11. The molecule has 0 spiro atoms. The molecule has 0 saturated heterocycles. The number of likely N-dealkylation sites (N-methyl/N-ethyl adjacent to an activating group) is 1. The van der Waals surface area contributed by atoms with Gasteiger partial charge in [-0.1, -0.05) is 0 Å². The van der Waals surface area contributed by atoms with Crippen LogP contribution in [0.5, 0.6) is 0 Å². The summed E-state index contributed by atoms with van der Waals surface area (Å²) in [5.41, 5.74) is 3.32. The minimum absolute atomic E-state index is 0.241. The molecular formula is C10H19N5O. The van der Waals surface area contributed by atoms with Crippen molar-refractivity contribution in [2.45, 2.75) is 19.9 Å². The van der Waals surface area contributed by atoms with E-state index in [-0.39, 0.29) is 6.04 Å². The Bertz CT molecular complexity index is 344. The van der Waals surface area contributed by atoms with Crippen LogP contribution in [0.15, 0.2) is 6.07 Å². The van der Waals surface area contributed by atoms with Crippen LogP contribution in [0.25, 0.3) is 0 Å². The van der Waals surface area contributed by atoms with E-state index in [2.05, 4.69) is 22.3 Å². The molecule has 0 aliphatic rings. The Morgan fingerprint density at radius 1 is 1.56 bits per heavy atom. The van der Waals surface area contributed by atoms with Gasteiger partial charge in [0, 0.05) is 25.9 Å². The maximum absolute atomic E-state index is 5.30. The van der Waals surface area contributed by atoms with E-state index in [1.807, 2.05) is 24.9 Å². The monoisotopic (exact) mass is 225 g/mol. The van der Waals surface area contributed by atoms with Crippen molar-refractivity contribution in [3.05, 3.63) is 11.8 Å². The second kappa shape index (κ2) is 5.62. The number of aromatic nitrogens is 2. The number of nitrogens with two attached hydrogens (primary N) is 1. The van der Waals surface area contributed by atoms with E-state index < -0.39 is 0 Å². The van der Waals surface area contributed by atoms with Crippen LogP contribution in [-0.2, 0) is 4.74 Å². The minimum Gasteiger partial charge on any atom is -0.383 e. The van der Waals surface area contributed by atoms with Crippen molar-refractivity contribution in [2.24, 2.45) is 5.84 Å². The normalized spacial score (nSPS) is 12.3. The number of methoxy groups -OCH3 is 1. The first-order chi connectivity index (χ1) is 7.58. The highest BCUT2D eigenvalue weighted by molar-refractivity contribution is 5.44. The number of ether oxygens (including phenoxy) is 1. The SMILES string of the molecule is COCC(C)N(C)c1cc(C)nc(NN)n1. The number of nitrogen functional groups attached to an aromatic ring is 1. The number of rotatable bonds is 5. The Morgan fingerprint density at radius 2 is 2.25 bits per heavy atom. The van der Waals surface area contributed by atoms with Gasteiger partial charge in [-0.3, -0.25) is 5.43 Å². The lowest BCUT2D eigenvalue weighted by Gasteiger charge is -2.25. The molecule has 90 valence electrons. The van der Waals surface area contributed by atoms with Gasteiger partial charge in [-0.15, -0.1) is 0 Å². The predicted octanol–water partition coefficient (Wildman–Crippen LogP) is 0.542. The summed E-state index contributed by atoms with van der Waals surface area (Å²) in [6, 6.07) is 2.15. The Morgan fingerprint density at radius 3 is 2.81 bits per heavy atom. The summed E-state index contributed by atoms with van der Waals surface area (Å²) in [5, 5.41) is 0. The van der Waals surface area contributed by atoms with Crippen LogP contribution in [0.1, 0.15) is 12.6 Å². The lowest BCUT2D eigenvalue weighted by Crippen LogP contribution is -2.33. The van der Waals surface area contributed by atoms with Crippen LogP contribution in [0.2, 0.25) is 0 Å². The van der Waals surface area contributed by atoms with E-state index in [9.17, 15) is 0 Å². The molecule has 0 saturated carbocycles. The van der Waals surface area contributed by atoms with E-state index in [0.29, 0.717) is 12.6 Å². The first-order valence-electron chi connectivity index (χ1n) is 5.12. The van der Waals surface area contributed by atoms with Crippen molar-refractivity contribution in [2.75, 3.05) is 31.1 Å². The lowest BCUT2D eigenvalue weighted by molar-refractivity contribution is 0.183. The fourth-order valence-corrected chi connectivity index (χ4v) is 1.38. The molecule has 1 aromatic heterocycles. The van der Waals surface area contributed by atoms with Crippen LogP contribution in [0, 0.1) is 6.92 Å². The fourth-order valence-electron chi connectivity index (χ4n) is 1.38. The largest absolute Gasteiger partial charge is 0.383 e. The molecular weight excluding hydrogens is 206 g/mol. The van der Waals surface area contributed by atoms with Crippen molar-refractivity contribution in [3.8, 4) is 0 Å². The molecule has 1 rings (SSSR count). The lowest BCUT2D eigenvalue weighted by atomic mass is 10.3. The third-order valence-electron chi connectivity index (χ3n) is 2.40. The number of nitrogens with one attached hydrogen (secondary N) is 1. The number of hydrogen-bond donors (Lipinski definition) is 2. The highest BCUT2D eigenvalue weighted by Crippen LogP contribution is 2.15. The second-order valence-electron chi connectivity index (χ2n) is 3.75. The molecule has 6 heteroatoms. The summed E-state index contributed by atoms with van der Waals surface area (Å²) in [6.07, 6.45) is 0. The predicted molar refractivity (Wildman–Crippen MR) is 64.3 cm³/mol. The van der Waals surface area contributed by atoms with Gasteiger partial charge in [0.15, 0.2) is 0 Å². The van der Waals surface area contributed by atoms with Crippen LogP contribution >= 0.6 is 0 Å². The van der Waals surface area contributed by atoms with Crippen LogP contribution < -0.4 is 16.2 Å². The Hall–Kier alpha value is -1.40. The summed E-state index contributed by atoms with van der Waals surface area (Å²) >= 11 is 0. The molecule has 1 aromatic rings. The molecule has 0 amide bonds. The maximum atomic E-state index is 5.30. The topological polar surface area (TPSA) is 76.3 Å². The van der Waals surface area contributed by atoms with Crippen LogP contribution in [0.3, 0.4) is 0 Å². The average molecular weight is 225 g/mol. The van der Waals surface area contributed by atoms with E-state index in [1.165, 1.54) is 0 Å². The highest BCUT2D eigenvalue weighted by atomic mass is 16.5. The molecule has 0 aliphatic heterocycles. The minimum atomic E-state index is 0.241. The zero-order valence-electron chi connectivity index (χ0n) is 10.2. The number of aryl methyl sites for hydroxylation is 1. The highest BCUT2D eigenvalue weighted by Gasteiger charge is 2.12. The third-order valence-corrected chi connectivity index (χ3v) is 2.40. The number of hydrazine groups is 1. The van der Waals surface area contributed by atoms with Crippen molar-refractivity contribution in [1.82, 2.24) is 9.97 Å². The number of anilines is 2. The molecule has 0 aliphatic carbocycles. The van der Waals surface area contributed by atoms with Crippen molar-refractivity contribution >= 4 is 11.8 Å². The van der Waals surface area contributed by atoms with Gasteiger partial charge in [0.25, 0.3) is 0 Å². The van der Waals surface area contributed by atoms with E-state index >= 15 is 0 Å². The molecule has 1 heterocycles. The molecule has 3 N–H and O–H groups in total. The van der Waals surface area contributed by atoms with Crippen LogP contribution in [-0.4, -0.2) is 36.8 Å². The van der Waals surface area contributed by atoms with Crippen molar-refractivity contribution in [3.63, 3.8) is 0 Å². The third kappa shape index (κ3) is 3.04. The standard InChI is InChI=1S/C10H19N5O/c1-7-5-9(13-10(12-7)14-11)15(3)8(2)6-16-4/h5,8H,6,11H2,1-4H3,(H,12,13,14). The Kier molecular flexibility index (Phi) is 4.45. The summed E-state index contributed by atoms with van der Waals surface area (Å²) in [4.78, 5) is 10.4. The summed E-state index contributed by atoms with van der Waals surface area (Å²) in [6.45, 7) is 4.61. The molecule has 0 fully saturated rings. The average Bonchev–Trinajstić information content (AvgIpc) is 2.27. The summed E-state index contributed by atoms with van der Waals surface area (Å²) in [5.74, 6) is 6.55. The molecule has 0 radical (unpaired) electrons. The number of nitrogens with zero attached hydrogens (tertiary/aromatic N) is 3. The molecule has 16 heavy (non-hydrogen) atoms. The molecule has 1 unspecified atom stereocenters. The van der Waals surface area contributed by atoms with E-state index in [0.717, 1.165) is 11.5 Å². The fraction of sp³-hybridized carbons (Fsp3) is 0.600. The van der Waals surface area contributed by atoms with Gasteiger partial charge in [-0.25, -0.2) is 10.8 Å². The smallest absolute Gasteiger partial charge is 0.239 e.